The molecule has 0 rings (SSSR count). The number of rotatable bonds is 0. The van der Waals surface area contributed by atoms with Crippen molar-refractivity contribution in [1.82, 2.24) is 0 Å². The Labute approximate surface area is 44.5 Å². The van der Waals surface area contributed by atoms with Gasteiger partial charge in [-0.15, -0.1) is 0 Å². The average Bonchev–Trinajstić information content (AvgIpc) is 0.918. The largest absolute Gasteiger partial charge is 0.291 e. The zero-order valence-corrected chi connectivity index (χ0v) is 4.87. The van der Waals surface area contributed by atoms with Gasteiger partial charge in [0, 0.05) is 33.1 Å². The van der Waals surface area contributed by atoms with Gasteiger partial charge in [0.15, 0.2) is 6.29 Å². The molecule has 1 radical (unpaired) electrons. The fourth-order valence-corrected chi connectivity index (χ4v) is 0. The average molecular weight is 134 g/mol. The van der Waals surface area contributed by atoms with Crippen molar-refractivity contribution >= 4 is 6.29 Å². The van der Waals surface area contributed by atoms with Crippen molar-refractivity contribution in [2.24, 2.45) is 0 Å². The van der Waals surface area contributed by atoms with Gasteiger partial charge < -0.3 is 0 Å². The Morgan fingerprint density at radius 1 is 1.75 bits per heavy atom. The molecule has 0 aliphatic carbocycles. The van der Waals surface area contributed by atoms with Gasteiger partial charge >= 0.3 is 0 Å². The summed E-state index contributed by atoms with van der Waals surface area (Å²) in [7, 11) is 0. The summed E-state index contributed by atoms with van der Waals surface area (Å²) >= 11 is 0. The second kappa shape index (κ2) is 9.60. The van der Waals surface area contributed by atoms with E-state index in [9.17, 15) is 0 Å². The number of hydrogen-bond acceptors (Lipinski definition) is 1. The molecule has 0 atom stereocenters. The first-order valence-electron chi connectivity index (χ1n) is 0.704. The minimum atomic E-state index is 0. The molecule has 0 amide bonds. The zero-order chi connectivity index (χ0) is 2.71. The maximum absolute atomic E-state index is 8.68. The van der Waals surface area contributed by atoms with Crippen molar-refractivity contribution in [2.45, 2.75) is 6.92 Å². The van der Waals surface area contributed by atoms with Crippen molar-refractivity contribution in [3.8, 4) is 0 Å². The first-order chi connectivity index (χ1) is 1.41. The van der Waals surface area contributed by atoms with E-state index in [-0.39, 0.29) is 26.2 Å². The molecule has 0 aliphatic rings. The van der Waals surface area contributed by atoms with E-state index in [1.807, 2.05) is 0 Å². The van der Waals surface area contributed by atoms with Gasteiger partial charge in [0.25, 0.3) is 0 Å². The Hall–Kier alpha value is 0.553. The first-order valence-corrected chi connectivity index (χ1v) is 0.704. The van der Waals surface area contributed by atoms with Crippen LogP contribution in [0.25, 0.3) is 0 Å². The summed E-state index contributed by atoms with van der Waals surface area (Å²) in [4.78, 5) is 8.68. The quantitative estimate of drug-likeness (QED) is 0.460. The normalized spacial score (nSPS) is 3.25. The molecule has 0 fully saturated rings. The SMILES string of the molecule is C[C]=O.[Zr]. The molecule has 0 aliphatic heterocycles. The third-order valence-corrected chi connectivity index (χ3v) is 0. The van der Waals surface area contributed by atoms with Crippen molar-refractivity contribution in [3.05, 3.63) is 0 Å². The van der Waals surface area contributed by atoms with Gasteiger partial charge in [0.2, 0.25) is 0 Å². The molecule has 0 spiro atoms. The molecule has 0 aromatic rings. The molecule has 0 saturated carbocycles. The van der Waals surface area contributed by atoms with Crippen LogP contribution in [0.15, 0.2) is 0 Å². The smallest absolute Gasteiger partial charge is 0.195 e. The van der Waals surface area contributed by atoms with Gasteiger partial charge in [-0.1, -0.05) is 0 Å². The van der Waals surface area contributed by atoms with Crippen LogP contribution in [0.3, 0.4) is 0 Å². The zero-order valence-electron chi connectivity index (χ0n) is 2.41. The van der Waals surface area contributed by atoms with Crippen LogP contribution in [0.2, 0.25) is 0 Å². The van der Waals surface area contributed by atoms with Gasteiger partial charge in [-0.05, 0) is 0 Å². The molecule has 0 bridgehead atoms. The third kappa shape index (κ3) is 20.1. The summed E-state index contributed by atoms with van der Waals surface area (Å²) < 4.78 is 0. The van der Waals surface area contributed by atoms with Gasteiger partial charge in [0.1, 0.15) is 0 Å². The van der Waals surface area contributed by atoms with Gasteiger partial charge in [-0.25, -0.2) is 0 Å². The predicted octanol–water partition coefficient (Wildman–Crippen LogP) is 0.113. The maximum atomic E-state index is 8.68. The van der Waals surface area contributed by atoms with Crippen LogP contribution in [0, 0.1) is 0 Å². The Bertz CT molecular complexity index is 13.5. The Morgan fingerprint density at radius 3 is 1.75 bits per heavy atom. The number of carbonyl (C=O) groups excluding carboxylic acids is 1. The molecule has 0 aromatic heterocycles. The summed E-state index contributed by atoms with van der Waals surface area (Å²) in [5, 5.41) is 0. The monoisotopic (exact) mass is 133 g/mol. The van der Waals surface area contributed by atoms with E-state index in [1.165, 1.54) is 13.2 Å². The Balaban J connectivity index is 0. The topological polar surface area (TPSA) is 17.1 Å². The summed E-state index contributed by atoms with van der Waals surface area (Å²) in [6.45, 7) is 1.32. The fourth-order valence-electron chi connectivity index (χ4n) is 0. The van der Waals surface area contributed by atoms with E-state index < -0.39 is 0 Å². The molecule has 0 aromatic carbocycles. The van der Waals surface area contributed by atoms with Crippen LogP contribution in [0.1, 0.15) is 6.92 Å². The first kappa shape index (κ1) is 8.82. The predicted molar refractivity (Wildman–Crippen MR) is 11.4 cm³/mol. The Morgan fingerprint density at radius 2 is 1.75 bits per heavy atom. The van der Waals surface area contributed by atoms with Crippen LogP contribution in [0.4, 0.5) is 0 Å². The van der Waals surface area contributed by atoms with Crippen molar-refractivity contribution < 1.29 is 31.0 Å². The molecule has 0 heterocycles. The van der Waals surface area contributed by atoms with Crippen LogP contribution >= 0.6 is 0 Å². The molecule has 0 saturated heterocycles. The van der Waals surface area contributed by atoms with Crippen molar-refractivity contribution in [1.29, 1.82) is 0 Å². The van der Waals surface area contributed by atoms with E-state index in [4.69, 9.17) is 4.79 Å². The molecule has 21 valence electrons. The number of hydrogen-bond donors (Lipinski definition) is 0. The molecule has 4 heavy (non-hydrogen) atoms. The second-order valence-electron chi connectivity index (χ2n) is 0.204. The van der Waals surface area contributed by atoms with E-state index in [0.29, 0.717) is 0 Å². The molecular weight excluding hydrogens is 131 g/mol. The molecule has 0 N–H and O–H groups in total. The third-order valence-electron chi connectivity index (χ3n) is 0. The minimum Gasteiger partial charge on any atom is -0.291 e. The minimum absolute atomic E-state index is 0. The summed E-state index contributed by atoms with van der Waals surface area (Å²) in [5.41, 5.74) is 0. The van der Waals surface area contributed by atoms with Crippen LogP contribution in [-0.4, -0.2) is 6.29 Å². The van der Waals surface area contributed by atoms with Gasteiger partial charge in [0.05, 0.1) is 0 Å². The van der Waals surface area contributed by atoms with E-state index >= 15 is 0 Å². The molecule has 0 unspecified atom stereocenters. The van der Waals surface area contributed by atoms with Crippen LogP contribution in [-0.2, 0) is 31.0 Å². The molecule has 1 nitrogen and oxygen atoms in total. The summed E-state index contributed by atoms with van der Waals surface area (Å²) in [6, 6.07) is 0. The van der Waals surface area contributed by atoms with Gasteiger partial charge in [-0.3, -0.25) is 4.79 Å². The van der Waals surface area contributed by atoms with E-state index in [1.54, 1.807) is 0 Å². The van der Waals surface area contributed by atoms with Crippen molar-refractivity contribution in [3.63, 3.8) is 0 Å². The van der Waals surface area contributed by atoms with E-state index in [2.05, 4.69) is 0 Å². The van der Waals surface area contributed by atoms with Gasteiger partial charge in [-0.2, -0.15) is 0 Å². The fraction of sp³-hybridized carbons (Fsp3) is 0.500. The summed E-state index contributed by atoms with van der Waals surface area (Å²) in [6.07, 6.45) is 1.50. The Kier molecular flexibility index (Phi) is 21.2. The van der Waals surface area contributed by atoms with Crippen LogP contribution in [0.5, 0.6) is 0 Å². The summed E-state index contributed by atoms with van der Waals surface area (Å²) in [5.74, 6) is 0. The van der Waals surface area contributed by atoms with E-state index in [0.717, 1.165) is 0 Å². The van der Waals surface area contributed by atoms with Crippen molar-refractivity contribution in [2.75, 3.05) is 0 Å². The standard InChI is InChI=1S/C2H3O.Zr/c1-2-3;/h1H3;. The maximum Gasteiger partial charge on any atom is 0.195 e. The molecule has 2 heteroatoms. The van der Waals surface area contributed by atoms with Crippen LogP contribution < -0.4 is 0 Å². The second-order valence-corrected chi connectivity index (χ2v) is 0.204. The molecular formula is C2H3OZr.